The molecule has 3 N–H and O–H groups in total. The topological polar surface area (TPSA) is 72.0 Å². The Morgan fingerprint density at radius 3 is 2.57 bits per heavy atom. The van der Waals surface area contributed by atoms with Crippen molar-refractivity contribution in [2.75, 3.05) is 0 Å². The Kier molecular flexibility index (Phi) is 3.46. The molecule has 0 aliphatic heterocycles. The number of nitrogen functional groups attached to an aromatic ring is 1. The SMILES string of the molecule is N=C(N)c1cc(Oc2ccccc2Cl)nc2ccccc12. The van der Waals surface area contributed by atoms with Gasteiger partial charge in [0.1, 0.15) is 11.6 Å². The zero-order valence-electron chi connectivity index (χ0n) is 11.0. The lowest BCUT2D eigenvalue weighted by atomic mass is 10.1. The summed E-state index contributed by atoms with van der Waals surface area (Å²) in [5.74, 6) is 0.834. The van der Waals surface area contributed by atoms with Crippen molar-refractivity contribution in [1.29, 1.82) is 5.41 Å². The van der Waals surface area contributed by atoms with Crippen LogP contribution in [0.3, 0.4) is 0 Å². The average Bonchev–Trinajstić information content (AvgIpc) is 2.48. The molecule has 0 unspecified atom stereocenters. The van der Waals surface area contributed by atoms with Crippen LogP contribution in [-0.4, -0.2) is 10.8 Å². The number of hydrogen-bond acceptors (Lipinski definition) is 3. The highest BCUT2D eigenvalue weighted by atomic mass is 35.5. The Bertz CT molecular complexity index is 833. The Morgan fingerprint density at radius 2 is 1.81 bits per heavy atom. The molecule has 0 atom stereocenters. The monoisotopic (exact) mass is 297 g/mol. The number of nitrogens with zero attached hydrogens (tertiary/aromatic N) is 1. The number of hydrogen-bond donors (Lipinski definition) is 2. The molecule has 5 heteroatoms. The predicted molar refractivity (Wildman–Crippen MR) is 84.3 cm³/mol. The van der Waals surface area contributed by atoms with Gasteiger partial charge in [-0.2, -0.15) is 0 Å². The van der Waals surface area contributed by atoms with E-state index in [0.717, 1.165) is 5.39 Å². The molecule has 3 rings (SSSR count). The van der Waals surface area contributed by atoms with Crippen molar-refractivity contribution in [3.63, 3.8) is 0 Å². The molecule has 0 aliphatic carbocycles. The van der Waals surface area contributed by atoms with Crippen LogP contribution in [0.4, 0.5) is 0 Å². The third-order valence-corrected chi connectivity index (χ3v) is 3.35. The lowest BCUT2D eigenvalue weighted by Crippen LogP contribution is -2.12. The van der Waals surface area contributed by atoms with E-state index in [0.29, 0.717) is 27.7 Å². The Balaban J connectivity index is 2.11. The fourth-order valence-corrected chi connectivity index (χ4v) is 2.24. The second kappa shape index (κ2) is 5.42. The number of pyridine rings is 1. The van der Waals surface area contributed by atoms with Gasteiger partial charge in [0.25, 0.3) is 0 Å². The second-order valence-electron chi connectivity index (χ2n) is 4.47. The van der Waals surface area contributed by atoms with Crippen LogP contribution in [0.15, 0.2) is 54.6 Å². The highest BCUT2D eigenvalue weighted by molar-refractivity contribution is 6.32. The van der Waals surface area contributed by atoms with E-state index in [2.05, 4.69) is 4.98 Å². The largest absolute Gasteiger partial charge is 0.437 e. The van der Waals surface area contributed by atoms with Gasteiger partial charge in [0.15, 0.2) is 0 Å². The predicted octanol–water partition coefficient (Wildman–Crippen LogP) is 3.96. The normalized spacial score (nSPS) is 10.5. The maximum Gasteiger partial charge on any atom is 0.220 e. The van der Waals surface area contributed by atoms with E-state index in [1.165, 1.54) is 0 Å². The van der Waals surface area contributed by atoms with Crippen molar-refractivity contribution in [2.45, 2.75) is 0 Å². The molecule has 3 aromatic rings. The molecule has 0 saturated carbocycles. The summed E-state index contributed by atoms with van der Waals surface area (Å²) in [6, 6.07) is 16.3. The van der Waals surface area contributed by atoms with Gasteiger partial charge in [0.2, 0.25) is 5.88 Å². The number of ether oxygens (including phenoxy) is 1. The quantitative estimate of drug-likeness (QED) is 0.567. The number of benzene rings is 2. The first-order chi connectivity index (χ1) is 10.1. The summed E-state index contributed by atoms with van der Waals surface area (Å²) in [5, 5.41) is 9.02. The van der Waals surface area contributed by atoms with Crippen LogP contribution in [0, 0.1) is 5.41 Å². The van der Waals surface area contributed by atoms with Crippen molar-refractivity contribution in [1.82, 2.24) is 4.98 Å². The minimum atomic E-state index is -0.0300. The lowest BCUT2D eigenvalue weighted by Gasteiger charge is -2.10. The van der Waals surface area contributed by atoms with E-state index in [-0.39, 0.29) is 5.84 Å². The molecule has 0 aliphatic rings. The van der Waals surface area contributed by atoms with Crippen molar-refractivity contribution < 1.29 is 4.74 Å². The fraction of sp³-hybridized carbons (Fsp3) is 0. The minimum Gasteiger partial charge on any atom is -0.437 e. The number of nitrogens with two attached hydrogens (primary N) is 1. The molecule has 0 fully saturated rings. The molecule has 0 saturated heterocycles. The summed E-state index contributed by atoms with van der Waals surface area (Å²) < 4.78 is 5.71. The molecule has 21 heavy (non-hydrogen) atoms. The van der Waals surface area contributed by atoms with E-state index in [4.69, 9.17) is 27.5 Å². The average molecular weight is 298 g/mol. The zero-order valence-corrected chi connectivity index (χ0v) is 11.8. The summed E-state index contributed by atoms with van der Waals surface area (Å²) in [5.41, 5.74) is 6.95. The van der Waals surface area contributed by atoms with E-state index >= 15 is 0 Å². The third-order valence-electron chi connectivity index (χ3n) is 3.03. The van der Waals surface area contributed by atoms with Crippen molar-refractivity contribution in [3.8, 4) is 11.6 Å². The van der Waals surface area contributed by atoms with Gasteiger partial charge in [0.05, 0.1) is 10.5 Å². The van der Waals surface area contributed by atoms with Crippen molar-refractivity contribution in [3.05, 3.63) is 65.2 Å². The third kappa shape index (κ3) is 2.66. The first-order valence-electron chi connectivity index (χ1n) is 6.32. The molecular weight excluding hydrogens is 286 g/mol. The second-order valence-corrected chi connectivity index (χ2v) is 4.88. The van der Waals surface area contributed by atoms with Crippen LogP contribution in [0.1, 0.15) is 5.56 Å². The van der Waals surface area contributed by atoms with E-state index in [9.17, 15) is 0 Å². The van der Waals surface area contributed by atoms with Gasteiger partial charge in [-0.05, 0) is 18.2 Å². The van der Waals surface area contributed by atoms with Crippen molar-refractivity contribution >= 4 is 28.3 Å². The van der Waals surface area contributed by atoms with Crippen LogP contribution in [0.5, 0.6) is 11.6 Å². The Labute approximate surface area is 126 Å². The van der Waals surface area contributed by atoms with E-state index in [1.54, 1.807) is 18.2 Å². The first kappa shape index (κ1) is 13.4. The lowest BCUT2D eigenvalue weighted by molar-refractivity contribution is 0.465. The molecule has 1 aromatic heterocycles. The zero-order chi connectivity index (χ0) is 14.8. The molecule has 1 heterocycles. The van der Waals surface area contributed by atoms with Crippen LogP contribution in [0.25, 0.3) is 10.9 Å². The molecule has 0 bridgehead atoms. The van der Waals surface area contributed by atoms with Crippen LogP contribution in [0.2, 0.25) is 5.02 Å². The standard InChI is InChI=1S/C16H12ClN3O/c17-12-6-2-4-8-14(12)21-15-9-11(16(18)19)10-5-1-3-7-13(10)20-15/h1-9H,(H3,18,19). The van der Waals surface area contributed by atoms with Gasteiger partial charge >= 0.3 is 0 Å². The maximum absolute atomic E-state index is 7.70. The number of fused-ring (bicyclic) bond motifs is 1. The highest BCUT2D eigenvalue weighted by Gasteiger charge is 2.10. The maximum atomic E-state index is 7.70. The summed E-state index contributed by atoms with van der Waals surface area (Å²) in [6.07, 6.45) is 0. The fourth-order valence-electron chi connectivity index (χ4n) is 2.07. The van der Waals surface area contributed by atoms with Gasteiger partial charge in [-0.3, -0.25) is 5.41 Å². The van der Waals surface area contributed by atoms with Crippen LogP contribution in [-0.2, 0) is 0 Å². The van der Waals surface area contributed by atoms with Gasteiger partial charge in [-0.15, -0.1) is 0 Å². The van der Waals surface area contributed by atoms with E-state index in [1.807, 2.05) is 36.4 Å². The van der Waals surface area contributed by atoms with Gasteiger partial charge in [-0.1, -0.05) is 41.9 Å². The van der Waals surface area contributed by atoms with Crippen LogP contribution >= 0.6 is 11.6 Å². The number of halogens is 1. The molecule has 2 aromatic carbocycles. The van der Waals surface area contributed by atoms with Gasteiger partial charge in [-0.25, -0.2) is 4.98 Å². The van der Waals surface area contributed by atoms with Gasteiger partial charge in [0, 0.05) is 17.0 Å². The Hall–Kier alpha value is -2.59. The molecular formula is C16H12ClN3O. The number of nitrogens with one attached hydrogen (secondary N) is 1. The Morgan fingerprint density at radius 1 is 1.10 bits per heavy atom. The van der Waals surface area contributed by atoms with E-state index < -0.39 is 0 Å². The summed E-state index contributed by atoms with van der Waals surface area (Å²) in [7, 11) is 0. The first-order valence-corrected chi connectivity index (χ1v) is 6.69. The highest BCUT2D eigenvalue weighted by Crippen LogP contribution is 2.30. The smallest absolute Gasteiger partial charge is 0.220 e. The van der Waals surface area contributed by atoms with Crippen molar-refractivity contribution in [2.24, 2.45) is 5.73 Å². The number of para-hydroxylation sites is 2. The molecule has 104 valence electrons. The van der Waals surface area contributed by atoms with Gasteiger partial charge < -0.3 is 10.5 Å². The molecule has 0 spiro atoms. The minimum absolute atomic E-state index is 0.0300. The molecule has 4 nitrogen and oxygen atoms in total. The summed E-state index contributed by atoms with van der Waals surface area (Å²) in [4.78, 5) is 4.42. The number of aromatic nitrogens is 1. The number of amidine groups is 1. The summed E-state index contributed by atoms with van der Waals surface area (Å²) >= 11 is 6.07. The van der Waals surface area contributed by atoms with Crippen LogP contribution < -0.4 is 10.5 Å². The molecule has 0 radical (unpaired) electrons. The summed E-state index contributed by atoms with van der Waals surface area (Å²) in [6.45, 7) is 0. The molecule has 0 amide bonds. The number of rotatable bonds is 3.